The Bertz CT molecular complexity index is 538. The normalized spacial score (nSPS) is 22.8. The second kappa shape index (κ2) is 6.17. The highest BCUT2D eigenvalue weighted by Gasteiger charge is 2.31. The predicted molar refractivity (Wildman–Crippen MR) is 82.2 cm³/mol. The van der Waals surface area contributed by atoms with E-state index in [0.717, 1.165) is 32.6 Å². The molecular formula is C14H20ClN5O. The number of carbonyl (C=O) groups is 1. The summed E-state index contributed by atoms with van der Waals surface area (Å²) in [6, 6.07) is 3.74. The Hall–Kier alpha value is -1.37. The number of hydrogen-bond donors (Lipinski definition) is 2. The number of halogens is 1. The number of rotatable bonds is 2. The highest BCUT2D eigenvalue weighted by molar-refractivity contribution is 6.29. The second-order valence-electron chi connectivity index (χ2n) is 5.64. The van der Waals surface area contributed by atoms with E-state index in [9.17, 15) is 4.79 Å². The Morgan fingerprint density at radius 1 is 1.33 bits per heavy atom. The van der Waals surface area contributed by atoms with Crippen molar-refractivity contribution in [3.63, 3.8) is 0 Å². The quantitative estimate of drug-likeness (QED) is 0.490. The van der Waals surface area contributed by atoms with E-state index in [1.165, 1.54) is 12.8 Å². The zero-order valence-corrected chi connectivity index (χ0v) is 12.6. The lowest BCUT2D eigenvalue weighted by Crippen LogP contribution is -2.39. The average Bonchev–Trinajstić information content (AvgIpc) is 2.83. The van der Waals surface area contributed by atoms with Crippen molar-refractivity contribution in [2.45, 2.75) is 25.3 Å². The fourth-order valence-electron chi connectivity index (χ4n) is 3.27. The Balaban J connectivity index is 1.79. The van der Waals surface area contributed by atoms with E-state index in [1.54, 1.807) is 12.1 Å². The van der Waals surface area contributed by atoms with Gasteiger partial charge in [-0.25, -0.2) is 10.8 Å². The molecule has 0 aliphatic carbocycles. The van der Waals surface area contributed by atoms with Gasteiger partial charge < -0.3 is 10.3 Å². The van der Waals surface area contributed by atoms with Crippen molar-refractivity contribution in [3.05, 3.63) is 22.8 Å². The molecule has 21 heavy (non-hydrogen) atoms. The van der Waals surface area contributed by atoms with Crippen molar-refractivity contribution in [2.75, 3.05) is 31.6 Å². The van der Waals surface area contributed by atoms with Gasteiger partial charge in [-0.15, -0.1) is 0 Å². The van der Waals surface area contributed by atoms with E-state index < -0.39 is 0 Å². The highest BCUT2D eigenvalue weighted by atomic mass is 35.5. The second-order valence-corrected chi connectivity index (χ2v) is 6.03. The molecule has 7 heteroatoms. The van der Waals surface area contributed by atoms with E-state index in [4.69, 9.17) is 17.4 Å². The fourth-order valence-corrected chi connectivity index (χ4v) is 3.48. The summed E-state index contributed by atoms with van der Waals surface area (Å²) in [5.41, 5.74) is 2.98. The number of hydrazine groups is 1. The molecule has 0 saturated carbocycles. The molecular weight excluding hydrogens is 290 g/mol. The van der Waals surface area contributed by atoms with Crippen LogP contribution in [-0.4, -0.2) is 52.9 Å². The third-order valence-corrected chi connectivity index (χ3v) is 4.47. The molecule has 3 rings (SSSR count). The summed E-state index contributed by atoms with van der Waals surface area (Å²) in [7, 11) is 0. The summed E-state index contributed by atoms with van der Waals surface area (Å²) in [6.45, 7) is 3.83. The maximum Gasteiger partial charge on any atom is 0.254 e. The molecule has 1 aromatic heterocycles. The summed E-state index contributed by atoms with van der Waals surface area (Å²) >= 11 is 5.95. The van der Waals surface area contributed by atoms with Gasteiger partial charge in [0.05, 0.1) is 0 Å². The van der Waals surface area contributed by atoms with Crippen molar-refractivity contribution >= 4 is 23.3 Å². The van der Waals surface area contributed by atoms with Gasteiger partial charge in [-0.05, 0) is 37.9 Å². The fraction of sp³-hybridized carbons (Fsp3) is 0.571. The molecule has 0 spiro atoms. The summed E-state index contributed by atoms with van der Waals surface area (Å²) < 4.78 is 0. The van der Waals surface area contributed by atoms with Crippen LogP contribution < -0.4 is 11.3 Å². The van der Waals surface area contributed by atoms with Crippen molar-refractivity contribution in [1.82, 2.24) is 14.8 Å². The Morgan fingerprint density at radius 3 is 2.95 bits per heavy atom. The molecule has 1 unspecified atom stereocenters. The van der Waals surface area contributed by atoms with Gasteiger partial charge in [0, 0.05) is 31.2 Å². The number of pyridine rings is 1. The van der Waals surface area contributed by atoms with Gasteiger partial charge in [0.1, 0.15) is 11.0 Å². The molecule has 1 amide bonds. The molecule has 0 bridgehead atoms. The number of nitrogens with zero attached hydrogens (tertiary/aromatic N) is 3. The van der Waals surface area contributed by atoms with E-state index in [-0.39, 0.29) is 11.1 Å². The minimum atomic E-state index is 0.00421. The van der Waals surface area contributed by atoms with Gasteiger partial charge in [0.15, 0.2) is 0 Å². The van der Waals surface area contributed by atoms with Crippen LogP contribution in [0.2, 0.25) is 5.15 Å². The average molecular weight is 310 g/mol. The number of carbonyl (C=O) groups excluding carboxylic acids is 1. The number of nitrogen functional groups attached to an aromatic ring is 1. The van der Waals surface area contributed by atoms with Crippen molar-refractivity contribution in [1.29, 1.82) is 0 Å². The Kier molecular flexibility index (Phi) is 4.28. The number of anilines is 1. The Labute approximate surface area is 129 Å². The number of aromatic nitrogens is 1. The molecule has 114 valence electrons. The first-order chi connectivity index (χ1) is 10.2. The monoisotopic (exact) mass is 309 g/mol. The van der Waals surface area contributed by atoms with Crippen LogP contribution in [0.1, 0.15) is 29.6 Å². The van der Waals surface area contributed by atoms with E-state index >= 15 is 0 Å². The van der Waals surface area contributed by atoms with Gasteiger partial charge in [0.2, 0.25) is 0 Å². The summed E-state index contributed by atoms with van der Waals surface area (Å²) in [6.07, 6.45) is 3.43. The molecule has 6 nitrogen and oxygen atoms in total. The number of hydrogen-bond acceptors (Lipinski definition) is 5. The summed E-state index contributed by atoms with van der Waals surface area (Å²) in [5.74, 6) is 5.77. The number of nitrogens with two attached hydrogens (primary N) is 1. The SMILES string of the molecule is NNc1cc(C(=O)N2CCCN3CCCC3C2)cc(Cl)n1. The van der Waals surface area contributed by atoms with Crippen LogP contribution in [0.25, 0.3) is 0 Å². The van der Waals surface area contributed by atoms with Crippen molar-refractivity contribution in [3.8, 4) is 0 Å². The molecule has 1 atom stereocenters. The molecule has 1 aromatic rings. The van der Waals surface area contributed by atoms with E-state index in [1.807, 2.05) is 4.90 Å². The topological polar surface area (TPSA) is 74.5 Å². The zero-order valence-electron chi connectivity index (χ0n) is 11.9. The first kappa shape index (κ1) is 14.6. The molecule has 2 saturated heterocycles. The van der Waals surface area contributed by atoms with Crippen molar-refractivity contribution in [2.24, 2.45) is 5.84 Å². The van der Waals surface area contributed by atoms with Crippen LogP contribution in [0.3, 0.4) is 0 Å². The van der Waals surface area contributed by atoms with Gasteiger partial charge in [-0.1, -0.05) is 11.6 Å². The first-order valence-corrected chi connectivity index (χ1v) is 7.72. The van der Waals surface area contributed by atoms with Crippen LogP contribution in [0.15, 0.2) is 12.1 Å². The molecule has 0 aromatic carbocycles. The maximum absolute atomic E-state index is 12.7. The molecule has 2 aliphatic heterocycles. The lowest BCUT2D eigenvalue weighted by molar-refractivity contribution is 0.0743. The van der Waals surface area contributed by atoms with Crippen LogP contribution in [0.4, 0.5) is 5.82 Å². The minimum Gasteiger partial charge on any atom is -0.337 e. The maximum atomic E-state index is 12.7. The number of nitrogens with one attached hydrogen (secondary N) is 1. The lowest BCUT2D eigenvalue weighted by atomic mass is 10.2. The standard InChI is InChI=1S/C14H20ClN5O/c15-12-7-10(8-13(17-12)18-16)14(21)20-6-2-5-19-4-1-3-11(19)9-20/h7-8,11H,1-6,9,16H2,(H,17,18). The van der Waals surface area contributed by atoms with Crippen LogP contribution in [-0.2, 0) is 0 Å². The van der Waals surface area contributed by atoms with Gasteiger partial charge >= 0.3 is 0 Å². The molecule has 0 radical (unpaired) electrons. The smallest absolute Gasteiger partial charge is 0.254 e. The third-order valence-electron chi connectivity index (χ3n) is 4.28. The van der Waals surface area contributed by atoms with Crippen LogP contribution in [0, 0.1) is 0 Å². The van der Waals surface area contributed by atoms with Crippen LogP contribution >= 0.6 is 11.6 Å². The van der Waals surface area contributed by atoms with Gasteiger partial charge in [0.25, 0.3) is 5.91 Å². The highest BCUT2D eigenvalue weighted by Crippen LogP contribution is 2.23. The predicted octanol–water partition coefficient (Wildman–Crippen LogP) is 1.33. The zero-order chi connectivity index (χ0) is 14.8. The Morgan fingerprint density at radius 2 is 2.14 bits per heavy atom. The summed E-state index contributed by atoms with van der Waals surface area (Å²) in [4.78, 5) is 21.1. The minimum absolute atomic E-state index is 0.00421. The molecule has 2 fully saturated rings. The molecule has 2 aliphatic rings. The largest absolute Gasteiger partial charge is 0.337 e. The van der Waals surface area contributed by atoms with Gasteiger partial charge in [-0.3, -0.25) is 9.69 Å². The lowest BCUT2D eigenvalue weighted by Gasteiger charge is -2.25. The third kappa shape index (κ3) is 3.12. The van der Waals surface area contributed by atoms with Crippen LogP contribution in [0.5, 0.6) is 0 Å². The first-order valence-electron chi connectivity index (χ1n) is 7.35. The number of fused-ring (bicyclic) bond motifs is 1. The van der Waals surface area contributed by atoms with E-state index in [0.29, 0.717) is 17.4 Å². The number of amides is 1. The molecule has 3 N–H and O–H groups in total. The van der Waals surface area contributed by atoms with Gasteiger partial charge in [-0.2, -0.15) is 0 Å². The van der Waals surface area contributed by atoms with Crippen molar-refractivity contribution < 1.29 is 4.79 Å². The van der Waals surface area contributed by atoms with E-state index in [2.05, 4.69) is 15.3 Å². The summed E-state index contributed by atoms with van der Waals surface area (Å²) in [5, 5.41) is 0.270. The molecule has 3 heterocycles.